The lowest BCUT2D eigenvalue weighted by Crippen LogP contribution is -2.36. The molecule has 0 unspecified atom stereocenters. The number of rotatable bonds is 1. The molecular weight excluding hydrogens is 215 g/mol. The second-order valence-corrected chi connectivity index (χ2v) is 3.62. The molecular formula is C8H8F3NOS. The molecule has 78 valence electrons. The molecule has 1 rings (SSSR count). The maximum Gasteiger partial charge on any atom is 0.478 e. The number of hydrogen-bond donors (Lipinski definition) is 1. The van der Waals surface area contributed by atoms with Gasteiger partial charge in [-0.15, -0.1) is 0 Å². The Kier molecular flexibility index (Phi) is 2.94. The van der Waals surface area contributed by atoms with Crippen LogP contribution in [0, 0.1) is 5.21 Å². The van der Waals surface area contributed by atoms with Crippen LogP contribution in [0.25, 0.3) is 0 Å². The molecule has 14 heavy (non-hydrogen) atoms. The zero-order valence-electron chi connectivity index (χ0n) is 7.25. The van der Waals surface area contributed by atoms with Crippen LogP contribution in [0.4, 0.5) is 13.2 Å². The smallest absolute Gasteiger partial charge is 0.478 e. The summed E-state index contributed by atoms with van der Waals surface area (Å²) >= 11 is 4.01. The Balaban J connectivity index is 3.15. The van der Waals surface area contributed by atoms with Gasteiger partial charge in [-0.1, -0.05) is 0 Å². The first-order valence-corrected chi connectivity index (χ1v) is 4.32. The van der Waals surface area contributed by atoms with Gasteiger partial charge in [0, 0.05) is 16.9 Å². The van der Waals surface area contributed by atoms with Crippen molar-refractivity contribution >= 4 is 12.6 Å². The van der Waals surface area contributed by atoms with E-state index in [9.17, 15) is 18.4 Å². The summed E-state index contributed by atoms with van der Waals surface area (Å²) in [6.45, 7) is 1.67. The van der Waals surface area contributed by atoms with Crippen LogP contribution in [0.5, 0.6) is 0 Å². The van der Waals surface area contributed by atoms with E-state index in [-0.39, 0.29) is 9.98 Å². The quantitative estimate of drug-likeness (QED) is 0.441. The fraction of sp³-hybridized carbons (Fsp3) is 0.375. The van der Waals surface area contributed by atoms with Crippen LogP contribution in [-0.2, 0) is 6.18 Å². The van der Waals surface area contributed by atoms with E-state index in [0.29, 0.717) is 5.56 Å². The second-order valence-electron chi connectivity index (χ2n) is 2.85. The van der Waals surface area contributed by atoms with E-state index in [1.807, 2.05) is 0 Å². The highest BCUT2D eigenvalue weighted by molar-refractivity contribution is 7.80. The Bertz CT molecular complexity index is 338. The SMILES string of the molecule is C[C@@H](S)c1ccc(C(F)(F)F)[n+]([O-])c1. The fourth-order valence-corrected chi connectivity index (χ4v) is 1.12. The largest absolute Gasteiger partial charge is 0.618 e. The van der Waals surface area contributed by atoms with Crippen molar-refractivity contribution in [2.24, 2.45) is 0 Å². The summed E-state index contributed by atoms with van der Waals surface area (Å²) in [5.74, 6) is 0. The molecule has 0 aliphatic rings. The fourth-order valence-electron chi connectivity index (χ4n) is 0.963. The number of aromatic nitrogens is 1. The van der Waals surface area contributed by atoms with Gasteiger partial charge in [0.2, 0.25) is 0 Å². The molecule has 0 aromatic carbocycles. The number of thiol groups is 1. The summed E-state index contributed by atoms with van der Waals surface area (Å²) in [6.07, 6.45) is -3.72. The van der Waals surface area contributed by atoms with E-state index in [4.69, 9.17) is 0 Å². The van der Waals surface area contributed by atoms with Gasteiger partial charge in [0.25, 0.3) is 5.69 Å². The molecule has 0 radical (unpaired) electrons. The third kappa shape index (κ3) is 2.31. The summed E-state index contributed by atoms with van der Waals surface area (Å²) in [4.78, 5) is 0. The zero-order valence-corrected chi connectivity index (χ0v) is 8.14. The highest BCUT2D eigenvalue weighted by Crippen LogP contribution is 2.27. The normalized spacial score (nSPS) is 14.1. The highest BCUT2D eigenvalue weighted by atomic mass is 32.1. The molecule has 0 fully saturated rings. The summed E-state index contributed by atoms with van der Waals surface area (Å²) in [5.41, 5.74) is -0.758. The van der Waals surface area contributed by atoms with Gasteiger partial charge in [-0.3, -0.25) is 0 Å². The molecule has 1 heterocycles. The molecule has 0 aliphatic carbocycles. The Labute approximate surface area is 84.4 Å². The molecule has 0 aliphatic heterocycles. The molecule has 1 atom stereocenters. The van der Waals surface area contributed by atoms with Gasteiger partial charge in [0.15, 0.2) is 6.20 Å². The first kappa shape index (κ1) is 11.2. The predicted molar refractivity (Wildman–Crippen MR) is 47.8 cm³/mol. The number of hydrogen-bond acceptors (Lipinski definition) is 2. The van der Waals surface area contributed by atoms with Crippen LogP contribution in [-0.4, -0.2) is 0 Å². The van der Waals surface area contributed by atoms with E-state index >= 15 is 0 Å². The molecule has 0 amide bonds. The van der Waals surface area contributed by atoms with E-state index in [2.05, 4.69) is 12.6 Å². The molecule has 2 nitrogen and oxygen atoms in total. The first-order valence-electron chi connectivity index (χ1n) is 3.80. The van der Waals surface area contributed by atoms with Crippen molar-refractivity contribution in [3.63, 3.8) is 0 Å². The topological polar surface area (TPSA) is 26.9 Å². The lowest BCUT2D eigenvalue weighted by molar-refractivity contribution is -0.629. The lowest BCUT2D eigenvalue weighted by Gasteiger charge is -2.09. The summed E-state index contributed by atoms with van der Waals surface area (Å²) in [7, 11) is 0. The molecule has 0 saturated heterocycles. The van der Waals surface area contributed by atoms with E-state index in [1.54, 1.807) is 6.92 Å². The van der Waals surface area contributed by atoms with Crippen molar-refractivity contribution in [3.05, 3.63) is 34.8 Å². The molecule has 1 aromatic rings. The number of alkyl halides is 3. The van der Waals surface area contributed by atoms with Crippen LogP contribution in [0.1, 0.15) is 23.4 Å². The van der Waals surface area contributed by atoms with Gasteiger partial charge in [0.05, 0.1) is 0 Å². The maximum atomic E-state index is 12.1. The van der Waals surface area contributed by atoms with Gasteiger partial charge in [-0.2, -0.15) is 30.5 Å². The van der Waals surface area contributed by atoms with E-state index in [1.165, 1.54) is 6.07 Å². The number of pyridine rings is 1. The number of halogens is 3. The van der Waals surface area contributed by atoms with Crippen molar-refractivity contribution < 1.29 is 17.9 Å². The molecule has 0 saturated carbocycles. The van der Waals surface area contributed by atoms with Crippen molar-refractivity contribution in [2.75, 3.05) is 0 Å². The summed E-state index contributed by atoms with van der Waals surface area (Å²) in [6, 6.07) is 2.00. The molecule has 6 heteroatoms. The van der Waals surface area contributed by atoms with Gasteiger partial charge in [0.1, 0.15) is 0 Å². The third-order valence-electron chi connectivity index (χ3n) is 1.71. The molecule has 0 N–H and O–H groups in total. The Morgan fingerprint density at radius 1 is 1.43 bits per heavy atom. The predicted octanol–water partition coefficient (Wildman–Crippen LogP) is 2.33. The maximum absolute atomic E-state index is 12.1. The minimum absolute atomic E-state index is 0.179. The minimum atomic E-state index is -4.61. The van der Waals surface area contributed by atoms with Crippen molar-refractivity contribution in [3.8, 4) is 0 Å². The van der Waals surface area contributed by atoms with E-state index in [0.717, 1.165) is 12.3 Å². The number of nitrogens with zero attached hydrogens (tertiary/aromatic N) is 1. The molecule has 0 bridgehead atoms. The van der Waals surface area contributed by atoms with Gasteiger partial charge >= 0.3 is 6.18 Å². The Hall–Kier alpha value is -0.910. The molecule has 0 spiro atoms. The van der Waals surface area contributed by atoms with Crippen LogP contribution in [0.2, 0.25) is 0 Å². The average Bonchev–Trinajstić information content (AvgIpc) is 2.01. The lowest BCUT2D eigenvalue weighted by atomic mass is 10.2. The summed E-state index contributed by atoms with van der Waals surface area (Å²) in [5, 5.41) is 10.7. The average molecular weight is 223 g/mol. The van der Waals surface area contributed by atoms with Crippen molar-refractivity contribution in [2.45, 2.75) is 18.3 Å². The zero-order chi connectivity index (χ0) is 10.9. The summed E-state index contributed by atoms with van der Waals surface area (Å²) < 4.78 is 36.2. The van der Waals surface area contributed by atoms with Crippen LogP contribution < -0.4 is 4.73 Å². The van der Waals surface area contributed by atoms with Gasteiger partial charge in [-0.25, -0.2) is 0 Å². The molecule has 1 aromatic heterocycles. The van der Waals surface area contributed by atoms with Crippen LogP contribution >= 0.6 is 12.6 Å². The Morgan fingerprint density at radius 3 is 2.36 bits per heavy atom. The van der Waals surface area contributed by atoms with Crippen molar-refractivity contribution in [1.82, 2.24) is 0 Å². The highest BCUT2D eigenvalue weighted by Gasteiger charge is 2.39. The van der Waals surface area contributed by atoms with Crippen LogP contribution in [0.15, 0.2) is 18.3 Å². The minimum Gasteiger partial charge on any atom is -0.618 e. The Morgan fingerprint density at radius 2 is 2.00 bits per heavy atom. The second kappa shape index (κ2) is 3.68. The van der Waals surface area contributed by atoms with E-state index < -0.39 is 11.9 Å². The van der Waals surface area contributed by atoms with Gasteiger partial charge < -0.3 is 5.21 Å². The van der Waals surface area contributed by atoms with Gasteiger partial charge in [-0.05, 0) is 13.0 Å². The standard InChI is InChI=1S/C8H8F3NOS/c1-5(14)6-2-3-7(8(9,10)11)12(13)4-6/h2-5,14H,1H3/t5-/m1/s1. The van der Waals surface area contributed by atoms with Crippen molar-refractivity contribution in [1.29, 1.82) is 0 Å². The monoisotopic (exact) mass is 223 g/mol. The third-order valence-corrected chi connectivity index (χ3v) is 2.01. The first-order chi connectivity index (χ1) is 6.32. The van der Waals surface area contributed by atoms with Crippen LogP contribution in [0.3, 0.4) is 0 Å².